The van der Waals surface area contributed by atoms with Crippen molar-refractivity contribution in [1.29, 1.82) is 10.8 Å². The molecule has 0 spiro atoms. The van der Waals surface area contributed by atoms with Gasteiger partial charge in [-0.15, -0.1) is 0 Å². The minimum absolute atomic E-state index is 0. The molecular formula is C21H25F2N9OS. The standard InChI is InChI=1S/C21H23F2N9OS.H2/c1-11-3-4-13(6-27-11)7-29-21(33)14-5-15(31-16(8-30-26)18(22)23)20-28-9-17(32(20)10-14)19(25)34-12(2)24;/h3-6,8-10,18,24-25,30-31H,7,26H2,1-2H3,(H,29,33);1H/b16-8-,24-12?,25-19?;. The number of nitrogens with one attached hydrogen (secondary N) is 5. The van der Waals surface area contributed by atoms with E-state index in [0.29, 0.717) is 5.69 Å². The molecule has 0 aliphatic rings. The van der Waals surface area contributed by atoms with E-state index in [1.54, 1.807) is 6.20 Å². The Morgan fingerprint density at radius 1 is 1.32 bits per heavy atom. The number of carbonyl (C=O) groups is 1. The molecule has 0 saturated carbocycles. The van der Waals surface area contributed by atoms with Crippen molar-refractivity contribution in [2.45, 2.75) is 26.8 Å². The second kappa shape index (κ2) is 10.9. The number of hydrazine groups is 1. The van der Waals surface area contributed by atoms with E-state index in [4.69, 9.17) is 16.7 Å². The summed E-state index contributed by atoms with van der Waals surface area (Å²) in [5, 5.41) is 21.4. The number of aryl methyl sites for hydroxylation is 1. The third kappa shape index (κ3) is 5.94. The Morgan fingerprint density at radius 2 is 2.09 bits per heavy atom. The third-order valence-corrected chi connectivity index (χ3v) is 5.25. The number of hydrogen-bond acceptors (Lipinski definition) is 9. The Kier molecular flexibility index (Phi) is 7.91. The van der Waals surface area contributed by atoms with Gasteiger partial charge in [-0.1, -0.05) is 17.8 Å². The first kappa shape index (κ1) is 24.8. The number of nitrogens with two attached hydrogens (primary N) is 1. The Bertz CT molecular complexity index is 1260. The quantitative estimate of drug-likeness (QED) is 0.123. The molecule has 13 heteroatoms. The van der Waals surface area contributed by atoms with Crippen LogP contribution in [0.4, 0.5) is 14.5 Å². The SMILES string of the molecule is CC(=N)SC(=N)c1cnc2c(N/C(=C\NN)C(F)F)cc(C(=O)NCc3ccc(C)nc3)cn12.[HH]. The summed E-state index contributed by atoms with van der Waals surface area (Å²) >= 11 is 0.903. The first-order chi connectivity index (χ1) is 16.2. The second-order valence-corrected chi connectivity index (χ2v) is 8.37. The molecule has 3 rings (SSSR count). The van der Waals surface area contributed by atoms with Gasteiger partial charge in [0.05, 0.1) is 33.9 Å². The van der Waals surface area contributed by atoms with E-state index in [0.717, 1.165) is 29.2 Å². The van der Waals surface area contributed by atoms with Gasteiger partial charge in [-0.25, -0.2) is 13.8 Å². The van der Waals surface area contributed by atoms with Crippen molar-refractivity contribution >= 4 is 39.1 Å². The lowest BCUT2D eigenvalue weighted by Gasteiger charge is -2.14. The minimum atomic E-state index is -2.88. The summed E-state index contributed by atoms with van der Waals surface area (Å²) in [6, 6.07) is 5.05. The average Bonchev–Trinajstić information content (AvgIpc) is 3.22. The van der Waals surface area contributed by atoms with Crippen molar-refractivity contribution in [3.8, 4) is 0 Å². The van der Waals surface area contributed by atoms with Crippen LogP contribution in [-0.2, 0) is 6.54 Å². The highest BCUT2D eigenvalue weighted by Gasteiger charge is 2.19. The number of nitrogens with zero attached hydrogens (tertiary/aromatic N) is 3. The normalized spacial score (nSPS) is 11.5. The number of allylic oxidation sites excluding steroid dienone is 1. The molecule has 0 aliphatic heterocycles. The maximum atomic E-state index is 13.4. The topological polar surface area (TPSA) is 157 Å². The van der Waals surface area contributed by atoms with E-state index < -0.39 is 18.0 Å². The van der Waals surface area contributed by atoms with Crippen LogP contribution in [0.3, 0.4) is 0 Å². The molecule has 0 aliphatic carbocycles. The molecule has 180 valence electrons. The molecular weight excluding hydrogens is 464 g/mol. The summed E-state index contributed by atoms with van der Waals surface area (Å²) in [7, 11) is 0. The van der Waals surface area contributed by atoms with Gasteiger partial charge in [-0.05, 0) is 31.5 Å². The Hall–Kier alpha value is -3.84. The number of imidazole rings is 1. The molecule has 0 saturated heterocycles. The summed E-state index contributed by atoms with van der Waals surface area (Å²) in [5.74, 6) is 4.70. The number of aromatic nitrogens is 3. The fourth-order valence-corrected chi connectivity index (χ4v) is 3.52. The number of pyridine rings is 2. The number of thioether (sulfide) groups is 1. The van der Waals surface area contributed by atoms with Crippen LogP contribution in [0.1, 0.15) is 35.7 Å². The molecule has 7 N–H and O–H groups in total. The third-order valence-electron chi connectivity index (χ3n) is 4.53. The summed E-state index contributed by atoms with van der Waals surface area (Å²) in [4.78, 5) is 21.3. The Balaban J connectivity index is 0.00000432. The molecule has 3 heterocycles. The molecule has 34 heavy (non-hydrogen) atoms. The summed E-state index contributed by atoms with van der Waals surface area (Å²) < 4.78 is 28.3. The first-order valence-corrected chi connectivity index (χ1v) is 10.8. The molecule has 0 unspecified atom stereocenters. The zero-order valence-corrected chi connectivity index (χ0v) is 19.1. The molecule has 0 atom stereocenters. The van der Waals surface area contributed by atoms with Crippen molar-refractivity contribution in [2.24, 2.45) is 5.84 Å². The van der Waals surface area contributed by atoms with Crippen LogP contribution in [0.25, 0.3) is 5.65 Å². The number of fused-ring (bicyclic) bond motifs is 1. The van der Waals surface area contributed by atoms with Crippen LogP contribution >= 0.6 is 11.8 Å². The second-order valence-electron chi connectivity index (χ2n) is 7.15. The van der Waals surface area contributed by atoms with E-state index in [-0.39, 0.29) is 35.0 Å². The number of rotatable bonds is 8. The molecule has 0 aromatic carbocycles. The number of halogens is 2. The Morgan fingerprint density at radius 3 is 2.71 bits per heavy atom. The molecule has 3 aromatic rings. The summed E-state index contributed by atoms with van der Waals surface area (Å²) in [6.45, 7) is 3.60. The average molecular weight is 490 g/mol. The zero-order valence-electron chi connectivity index (χ0n) is 18.3. The maximum absolute atomic E-state index is 13.4. The van der Waals surface area contributed by atoms with E-state index in [1.807, 2.05) is 19.1 Å². The van der Waals surface area contributed by atoms with E-state index in [2.05, 4.69) is 26.0 Å². The maximum Gasteiger partial charge on any atom is 0.279 e. The van der Waals surface area contributed by atoms with Crippen molar-refractivity contribution in [2.75, 3.05) is 5.32 Å². The first-order valence-electron chi connectivity index (χ1n) is 9.93. The van der Waals surface area contributed by atoms with Crippen LogP contribution in [0.15, 0.2) is 48.7 Å². The number of carbonyl (C=O) groups excluding carboxylic acids is 1. The predicted molar refractivity (Wildman–Crippen MR) is 130 cm³/mol. The summed E-state index contributed by atoms with van der Waals surface area (Å²) in [6.07, 6.45) is 2.51. The molecule has 1 amide bonds. The number of amides is 1. The monoisotopic (exact) mass is 489 g/mol. The highest BCUT2D eigenvalue weighted by molar-refractivity contribution is 8.26. The molecule has 0 radical (unpaired) electrons. The van der Waals surface area contributed by atoms with Gasteiger partial charge in [0.25, 0.3) is 12.3 Å². The van der Waals surface area contributed by atoms with Crippen LogP contribution in [0.5, 0.6) is 0 Å². The number of alkyl halides is 2. The molecule has 0 fully saturated rings. The van der Waals surface area contributed by atoms with Crippen molar-refractivity contribution in [1.82, 2.24) is 25.1 Å². The number of hydrogen-bond donors (Lipinski definition) is 6. The number of anilines is 1. The van der Waals surface area contributed by atoms with Crippen molar-refractivity contribution < 1.29 is 15.0 Å². The fourth-order valence-electron chi connectivity index (χ4n) is 2.96. The smallest absolute Gasteiger partial charge is 0.279 e. The lowest BCUT2D eigenvalue weighted by molar-refractivity contribution is 0.0950. The van der Waals surface area contributed by atoms with Crippen LogP contribution < -0.4 is 21.9 Å². The van der Waals surface area contributed by atoms with Gasteiger partial charge in [-0.3, -0.25) is 30.8 Å². The lowest BCUT2D eigenvalue weighted by atomic mass is 10.2. The fraction of sp³-hybridized carbons (Fsp3) is 0.190. The molecule has 0 bridgehead atoms. The van der Waals surface area contributed by atoms with Crippen LogP contribution in [0, 0.1) is 17.7 Å². The molecule has 3 aromatic heterocycles. The van der Waals surface area contributed by atoms with Gasteiger partial charge >= 0.3 is 0 Å². The van der Waals surface area contributed by atoms with E-state index in [9.17, 15) is 13.6 Å². The van der Waals surface area contributed by atoms with Crippen molar-refractivity contribution in [3.05, 3.63) is 71.2 Å². The van der Waals surface area contributed by atoms with Crippen LogP contribution in [0.2, 0.25) is 0 Å². The molecule has 10 nitrogen and oxygen atoms in total. The van der Waals surface area contributed by atoms with Gasteiger partial charge in [0.2, 0.25) is 0 Å². The minimum Gasteiger partial charge on any atom is -0.350 e. The van der Waals surface area contributed by atoms with Gasteiger partial charge in [-0.2, -0.15) is 0 Å². The zero-order chi connectivity index (χ0) is 24.8. The highest BCUT2D eigenvalue weighted by Crippen LogP contribution is 2.25. The lowest BCUT2D eigenvalue weighted by Crippen LogP contribution is -2.24. The highest BCUT2D eigenvalue weighted by atomic mass is 32.2. The summed E-state index contributed by atoms with van der Waals surface area (Å²) in [5.41, 5.74) is 3.94. The Labute approximate surface area is 199 Å². The van der Waals surface area contributed by atoms with E-state index in [1.165, 1.54) is 29.8 Å². The largest absolute Gasteiger partial charge is 0.350 e. The van der Waals surface area contributed by atoms with Gasteiger partial charge in [0.15, 0.2) is 5.65 Å². The van der Waals surface area contributed by atoms with Gasteiger partial charge in [0, 0.05) is 32.3 Å². The van der Waals surface area contributed by atoms with Gasteiger partial charge < -0.3 is 16.1 Å². The van der Waals surface area contributed by atoms with Crippen molar-refractivity contribution in [3.63, 3.8) is 0 Å². The van der Waals surface area contributed by atoms with Crippen LogP contribution in [-0.4, -0.2) is 36.8 Å². The predicted octanol–water partition coefficient (Wildman–Crippen LogP) is 3.25. The van der Waals surface area contributed by atoms with Gasteiger partial charge in [0.1, 0.15) is 5.04 Å². The van der Waals surface area contributed by atoms with E-state index >= 15 is 0 Å².